The van der Waals surface area contributed by atoms with Crippen molar-refractivity contribution in [2.45, 2.75) is 32.7 Å². The van der Waals surface area contributed by atoms with Crippen LogP contribution in [0, 0.1) is 0 Å². The highest BCUT2D eigenvalue weighted by atomic mass is 16.4. The van der Waals surface area contributed by atoms with E-state index in [4.69, 9.17) is 5.11 Å². The van der Waals surface area contributed by atoms with Gasteiger partial charge in [0.2, 0.25) is 0 Å². The van der Waals surface area contributed by atoms with E-state index < -0.39 is 5.97 Å². The molecule has 0 aliphatic rings. The van der Waals surface area contributed by atoms with Crippen LogP contribution < -0.4 is 0 Å². The van der Waals surface area contributed by atoms with Crippen LogP contribution >= 0.6 is 0 Å². The fourth-order valence-corrected chi connectivity index (χ4v) is 1.76. The van der Waals surface area contributed by atoms with Gasteiger partial charge >= 0.3 is 5.97 Å². The van der Waals surface area contributed by atoms with Crippen LogP contribution in [0.3, 0.4) is 0 Å². The van der Waals surface area contributed by atoms with E-state index in [1.165, 1.54) is 18.4 Å². The number of nitrogens with zero attached hydrogens (tertiary/aromatic N) is 1. The molecule has 1 rings (SSSR count). The maximum Gasteiger partial charge on any atom is 0.307 e. The Bertz CT molecular complexity index is 346. The van der Waals surface area contributed by atoms with Gasteiger partial charge in [0.25, 0.3) is 0 Å². The molecule has 17 heavy (non-hydrogen) atoms. The van der Waals surface area contributed by atoms with Crippen LogP contribution in [-0.2, 0) is 17.8 Å². The van der Waals surface area contributed by atoms with Crippen molar-refractivity contribution in [1.82, 2.24) is 4.90 Å². The second-order valence-corrected chi connectivity index (χ2v) is 4.48. The first kappa shape index (κ1) is 13.7. The van der Waals surface area contributed by atoms with Crippen molar-refractivity contribution < 1.29 is 9.90 Å². The van der Waals surface area contributed by atoms with Crippen LogP contribution in [0.2, 0.25) is 0 Å². The molecule has 1 aromatic rings. The van der Waals surface area contributed by atoms with Crippen molar-refractivity contribution in [2.75, 3.05) is 13.6 Å². The lowest BCUT2D eigenvalue weighted by atomic mass is 10.1. The van der Waals surface area contributed by atoms with Gasteiger partial charge in [-0.1, -0.05) is 37.6 Å². The second-order valence-electron chi connectivity index (χ2n) is 4.48. The number of unbranched alkanes of at least 4 members (excludes halogenated alkanes) is 1. The summed E-state index contributed by atoms with van der Waals surface area (Å²) in [6.45, 7) is 4.22. The highest BCUT2D eigenvalue weighted by molar-refractivity contribution is 5.70. The van der Waals surface area contributed by atoms with Crippen LogP contribution in [-0.4, -0.2) is 29.6 Å². The largest absolute Gasteiger partial charge is 0.481 e. The van der Waals surface area contributed by atoms with E-state index in [1.54, 1.807) is 0 Å². The van der Waals surface area contributed by atoms with Gasteiger partial charge in [-0.3, -0.25) is 4.79 Å². The zero-order chi connectivity index (χ0) is 12.7. The molecule has 0 bridgehead atoms. The summed E-state index contributed by atoms with van der Waals surface area (Å²) in [5, 5.41) is 8.67. The predicted octanol–water partition coefficient (Wildman–Crippen LogP) is 2.55. The summed E-state index contributed by atoms with van der Waals surface area (Å²) in [4.78, 5) is 12.8. The lowest BCUT2D eigenvalue weighted by Crippen LogP contribution is -2.18. The molecule has 0 aliphatic heterocycles. The highest BCUT2D eigenvalue weighted by Gasteiger charge is 2.02. The fourth-order valence-electron chi connectivity index (χ4n) is 1.76. The number of carboxylic acid groups (broad SMARTS) is 1. The number of benzene rings is 1. The SMILES string of the molecule is CCCCN(C)Cc1ccc(CC(=O)O)cc1. The van der Waals surface area contributed by atoms with Gasteiger partial charge in [-0.15, -0.1) is 0 Å². The van der Waals surface area contributed by atoms with Gasteiger partial charge in [0.1, 0.15) is 0 Å². The van der Waals surface area contributed by atoms with E-state index in [9.17, 15) is 4.79 Å². The minimum Gasteiger partial charge on any atom is -0.481 e. The summed E-state index contributed by atoms with van der Waals surface area (Å²) in [5.74, 6) is -0.780. The lowest BCUT2D eigenvalue weighted by Gasteiger charge is -2.16. The van der Waals surface area contributed by atoms with Crippen LogP contribution in [0.4, 0.5) is 0 Å². The van der Waals surface area contributed by atoms with Crippen LogP contribution in [0.1, 0.15) is 30.9 Å². The fraction of sp³-hybridized carbons (Fsp3) is 0.500. The molecule has 1 aromatic carbocycles. The quantitative estimate of drug-likeness (QED) is 0.789. The molecule has 0 aliphatic carbocycles. The molecule has 0 spiro atoms. The monoisotopic (exact) mass is 235 g/mol. The Morgan fingerprint density at radius 3 is 2.35 bits per heavy atom. The van der Waals surface area contributed by atoms with Crippen molar-refractivity contribution in [3.05, 3.63) is 35.4 Å². The van der Waals surface area contributed by atoms with E-state index in [1.807, 2.05) is 24.3 Å². The molecule has 0 heterocycles. The molecule has 0 aromatic heterocycles. The standard InChI is InChI=1S/C14H21NO2/c1-3-4-9-15(2)11-13-7-5-12(6-8-13)10-14(16)17/h5-8H,3-4,9-11H2,1-2H3,(H,16,17). The molecule has 0 amide bonds. The molecule has 3 heteroatoms. The van der Waals surface area contributed by atoms with E-state index in [0.29, 0.717) is 0 Å². The number of hydrogen-bond donors (Lipinski definition) is 1. The zero-order valence-corrected chi connectivity index (χ0v) is 10.6. The van der Waals surface area contributed by atoms with Gasteiger partial charge < -0.3 is 10.0 Å². The van der Waals surface area contributed by atoms with Crippen molar-refractivity contribution in [3.63, 3.8) is 0 Å². The van der Waals surface area contributed by atoms with Gasteiger partial charge in [0.05, 0.1) is 6.42 Å². The second kappa shape index (κ2) is 7.07. The third kappa shape index (κ3) is 5.50. The minimum absolute atomic E-state index is 0.103. The lowest BCUT2D eigenvalue weighted by molar-refractivity contribution is -0.136. The molecule has 0 saturated carbocycles. The molecule has 0 atom stereocenters. The Hall–Kier alpha value is -1.35. The summed E-state index contributed by atoms with van der Waals surface area (Å²) < 4.78 is 0. The topological polar surface area (TPSA) is 40.5 Å². The summed E-state index contributed by atoms with van der Waals surface area (Å²) in [6.07, 6.45) is 2.53. The smallest absolute Gasteiger partial charge is 0.307 e. The highest BCUT2D eigenvalue weighted by Crippen LogP contribution is 2.08. The van der Waals surface area contributed by atoms with E-state index in [-0.39, 0.29) is 6.42 Å². The third-order valence-corrected chi connectivity index (χ3v) is 2.72. The van der Waals surface area contributed by atoms with Crippen molar-refractivity contribution in [3.8, 4) is 0 Å². The molecule has 0 fully saturated rings. The molecule has 1 N–H and O–H groups in total. The van der Waals surface area contributed by atoms with Crippen molar-refractivity contribution in [1.29, 1.82) is 0 Å². The average molecular weight is 235 g/mol. The van der Waals surface area contributed by atoms with Crippen LogP contribution in [0.25, 0.3) is 0 Å². The van der Waals surface area contributed by atoms with E-state index in [0.717, 1.165) is 18.7 Å². The molecule has 0 radical (unpaired) electrons. The Morgan fingerprint density at radius 1 is 1.24 bits per heavy atom. The number of aliphatic carboxylic acids is 1. The Kier molecular flexibility index (Phi) is 5.70. The number of carbonyl (C=O) groups is 1. The van der Waals surface area contributed by atoms with Crippen LogP contribution in [0.5, 0.6) is 0 Å². The maximum absolute atomic E-state index is 10.5. The predicted molar refractivity (Wildman–Crippen MR) is 69.0 cm³/mol. The number of rotatable bonds is 7. The van der Waals surface area contributed by atoms with Gasteiger partial charge in [-0.25, -0.2) is 0 Å². The summed E-state index contributed by atoms with van der Waals surface area (Å²) in [7, 11) is 2.11. The third-order valence-electron chi connectivity index (χ3n) is 2.72. The Morgan fingerprint density at radius 2 is 1.82 bits per heavy atom. The van der Waals surface area contributed by atoms with Gasteiger partial charge in [0, 0.05) is 6.54 Å². The summed E-state index contributed by atoms with van der Waals surface area (Å²) in [6, 6.07) is 7.83. The molecular formula is C14H21NO2. The minimum atomic E-state index is -0.780. The number of carboxylic acids is 1. The summed E-state index contributed by atoms with van der Waals surface area (Å²) >= 11 is 0. The molecule has 94 valence electrons. The summed E-state index contributed by atoms with van der Waals surface area (Å²) in [5.41, 5.74) is 2.09. The Labute approximate surface area is 103 Å². The maximum atomic E-state index is 10.5. The zero-order valence-electron chi connectivity index (χ0n) is 10.6. The molecule has 0 unspecified atom stereocenters. The molecule has 3 nitrogen and oxygen atoms in total. The average Bonchev–Trinajstić information content (AvgIpc) is 2.28. The van der Waals surface area contributed by atoms with Crippen molar-refractivity contribution in [2.24, 2.45) is 0 Å². The van der Waals surface area contributed by atoms with Gasteiger partial charge in [0.15, 0.2) is 0 Å². The van der Waals surface area contributed by atoms with E-state index in [2.05, 4.69) is 18.9 Å². The van der Waals surface area contributed by atoms with Gasteiger partial charge in [-0.2, -0.15) is 0 Å². The first-order valence-corrected chi connectivity index (χ1v) is 6.10. The Balaban J connectivity index is 2.47. The van der Waals surface area contributed by atoms with Crippen molar-refractivity contribution >= 4 is 5.97 Å². The normalized spacial score (nSPS) is 10.8. The number of hydrogen-bond acceptors (Lipinski definition) is 2. The van der Waals surface area contributed by atoms with Gasteiger partial charge in [-0.05, 0) is 31.1 Å². The van der Waals surface area contributed by atoms with Crippen LogP contribution in [0.15, 0.2) is 24.3 Å². The molecule has 0 saturated heterocycles. The first-order valence-electron chi connectivity index (χ1n) is 6.10. The molecular weight excluding hydrogens is 214 g/mol. The van der Waals surface area contributed by atoms with E-state index >= 15 is 0 Å². The first-order chi connectivity index (χ1) is 8.11.